The molecule has 2 heterocycles. The number of hydrogen-bond acceptors (Lipinski definition) is 6. The summed E-state index contributed by atoms with van der Waals surface area (Å²) in [6.45, 7) is 2.00. The summed E-state index contributed by atoms with van der Waals surface area (Å²) in [7, 11) is 4.86. The highest BCUT2D eigenvalue weighted by Crippen LogP contribution is 2.35. The molecule has 25 heavy (non-hydrogen) atoms. The average Bonchev–Trinajstić information content (AvgIpc) is 2.61. The first-order chi connectivity index (χ1) is 12.0. The Morgan fingerprint density at radius 1 is 1.12 bits per heavy atom. The van der Waals surface area contributed by atoms with Gasteiger partial charge in [-0.2, -0.15) is 0 Å². The van der Waals surface area contributed by atoms with Gasteiger partial charge in [-0.25, -0.2) is 0 Å². The van der Waals surface area contributed by atoms with Crippen molar-refractivity contribution in [2.24, 2.45) is 0 Å². The van der Waals surface area contributed by atoms with Crippen molar-refractivity contribution < 1.29 is 14.2 Å². The lowest BCUT2D eigenvalue weighted by atomic mass is 10.0. The summed E-state index contributed by atoms with van der Waals surface area (Å²) >= 11 is 5.08. The lowest BCUT2D eigenvalue weighted by molar-refractivity contribution is 0.232. The van der Waals surface area contributed by atoms with Crippen molar-refractivity contribution >= 4 is 12.2 Å². The van der Waals surface area contributed by atoms with E-state index in [1.165, 1.54) is 0 Å². The zero-order chi connectivity index (χ0) is 18.0. The standard InChI is InChI=1S/C17H21N3O4S/c1-22-10-6-14(23-2)12(15(7-10)24-3)8-20-5-4-11-13(9-20)18-17(25)19-16(11)21/h6-7H,4-5,8-9H2,1-3H3,(H2,18,19,21,25). The van der Waals surface area contributed by atoms with Gasteiger partial charge in [0.25, 0.3) is 5.56 Å². The van der Waals surface area contributed by atoms with E-state index >= 15 is 0 Å². The number of nitrogens with zero attached hydrogens (tertiary/aromatic N) is 1. The molecular weight excluding hydrogens is 342 g/mol. The molecule has 7 nitrogen and oxygen atoms in total. The van der Waals surface area contributed by atoms with Crippen LogP contribution >= 0.6 is 12.2 Å². The highest BCUT2D eigenvalue weighted by atomic mass is 32.1. The molecule has 8 heteroatoms. The van der Waals surface area contributed by atoms with Gasteiger partial charge in [-0.05, 0) is 18.6 Å². The quantitative estimate of drug-likeness (QED) is 0.791. The topological polar surface area (TPSA) is 79.6 Å². The Balaban J connectivity index is 1.90. The van der Waals surface area contributed by atoms with Crippen LogP contribution in [0.5, 0.6) is 17.2 Å². The van der Waals surface area contributed by atoms with Gasteiger partial charge in [0.1, 0.15) is 17.2 Å². The van der Waals surface area contributed by atoms with Crippen molar-refractivity contribution in [3.05, 3.63) is 44.1 Å². The fraction of sp³-hybridized carbons (Fsp3) is 0.412. The summed E-state index contributed by atoms with van der Waals surface area (Å²) in [6.07, 6.45) is 0.664. The molecule has 3 rings (SSSR count). The third kappa shape index (κ3) is 3.54. The second kappa shape index (κ2) is 7.28. The van der Waals surface area contributed by atoms with Crippen molar-refractivity contribution in [1.82, 2.24) is 14.9 Å². The van der Waals surface area contributed by atoms with Crippen molar-refractivity contribution in [3.63, 3.8) is 0 Å². The normalized spacial score (nSPS) is 14.0. The number of H-pyrrole nitrogens is 2. The van der Waals surface area contributed by atoms with E-state index in [-0.39, 0.29) is 5.56 Å². The Morgan fingerprint density at radius 2 is 1.80 bits per heavy atom. The van der Waals surface area contributed by atoms with E-state index in [4.69, 9.17) is 26.4 Å². The lowest BCUT2D eigenvalue weighted by Crippen LogP contribution is -2.35. The predicted molar refractivity (Wildman–Crippen MR) is 96.2 cm³/mol. The SMILES string of the molecule is COc1cc(OC)c(CN2CCc3c([nH]c(=S)[nH]c3=O)C2)c(OC)c1. The minimum absolute atomic E-state index is 0.0991. The molecule has 0 unspecified atom stereocenters. The molecule has 134 valence electrons. The van der Waals surface area contributed by atoms with Crippen molar-refractivity contribution in [1.29, 1.82) is 0 Å². The van der Waals surface area contributed by atoms with Gasteiger partial charge in [0.05, 0.1) is 26.9 Å². The third-order valence-corrected chi connectivity index (χ3v) is 4.59. The van der Waals surface area contributed by atoms with Crippen LogP contribution in [-0.2, 0) is 19.5 Å². The van der Waals surface area contributed by atoms with Crippen LogP contribution in [-0.4, -0.2) is 42.7 Å². The molecule has 0 atom stereocenters. The molecule has 0 amide bonds. The monoisotopic (exact) mass is 363 g/mol. The first-order valence-electron chi connectivity index (χ1n) is 7.91. The van der Waals surface area contributed by atoms with E-state index in [0.29, 0.717) is 41.5 Å². The van der Waals surface area contributed by atoms with Gasteiger partial charge in [-0.15, -0.1) is 0 Å². The fourth-order valence-corrected chi connectivity index (χ4v) is 3.34. The summed E-state index contributed by atoms with van der Waals surface area (Å²) in [5, 5.41) is 0. The molecule has 1 aromatic carbocycles. The van der Waals surface area contributed by atoms with Gasteiger partial charge in [0.15, 0.2) is 4.77 Å². The van der Waals surface area contributed by atoms with Crippen LogP contribution in [0.3, 0.4) is 0 Å². The first-order valence-corrected chi connectivity index (χ1v) is 8.32. The Hall–Kier alpha value is -2.32. The maximum Gasteiger partial charge on any atom is 0.255 e. The number of rotatable bonds is 5. The van der Waals surface area contributed by atoms with Crippen molar-refractivity contribution in [2.45, 2.75) is 19.5 Å². The van der Waals surface area contributed by atoms with E-state index in [1.807, 2.05) is 12.1 Å². The molecule has 1 aliphatic heterocycles. The summed E-state index contributed by atoms with van der Waals surface area (Å²) in [4.78, 5) is 20.0. The molecule has 0 spiro atoms. The second-order valence-electron chi connectivity index (χ2n) is 5.84. The van der Waals surface area contributed by atoms with E-state index in [9.17, 15) is 4.79 Å². The van der Waals surface area contributed by atoms with E-state index < -0.39 is 0 Å². The second-order valence-corrected chi connectivity index (χ2v) is 6.24. The van der Waals surface area contributed by atoms with Crippen LogP contribution in [0.4, 0.5) is 0 Å². The first kappa shape index (κ1) is 17.5. The zero-order valence-electron chi connectivity index (χ0n) is 14.5. The van der Waals surface area contributed by atoms with Crippen LogP contribution in [0.1, 0.15) is 16.8 Å². The molecule has 0 saturated heterocycles. The van der Waals surface area contributed by atoms with E-state index in [1.54, 1.807) is 21.3 Å². The van der Waals surface area contributed by atoms with E-state index in [2.05, 4.69) is 14.9 Å². The summed E-state index contributed by atoms with van der Waals surface area (Å²) < 4.78 is 16.7. The van der Waals surface area contributed by atoms with E-state index in [0.717, 1.165) is 23.4 Å². The number of methoxy groups -OCH3 is 3. The number of hydrogen-bond donors (Lipinski definition) is 2. The van der Waals surface area contributed by atoms with Gasteiger partial charge < -0.3 is 19.2 Å². The van der Waals surface area contributed by atoms with Crippen molar-refractivity contribution in [2.75, 3.05) is 27.9 Å². The Kier molecular flexibility index (Phi) is 5.10. The number of benzene rings is 1. The molecule has 0 radical (unpaired) electrons. The number of fused-ring (bicyclic) bond motifs is 1. The largest absolute Gasteiger partial charge is 0.496 e. The van der Waals surface area contributed by atoms with Gasteiger partial charge in [0, 0.05) is 43.0 Å². The number of aromatic amines is 2. The zero-order valence-corrected chi connectivity index (χ0v) is 15.3. The maximum absolute atomic E-state index is 12.0. The molecule has 0 saturated carbocycles. The maximum atomic E-state index is 12.0. The van der Waals surface area contributed by atoms with Crippen molar-refractivity contribution in [3.8, 4) is 17.2 Å². The number of aromatic nitrogens is 2. The fourth-order valence-electron chi connectivity index (χ4n) is 3.12. The minimum Gasteiger partial charge on any atom is -0.496 e. The predicted octanol–water partition coefficient (Wildman–Crippen LogP) is 2.02. The number of ether oxygens (including phenoxy) is 3. The Bertz CT molecular complexity index is 865. The minimum atomic E-state index is -0.0991. The van der Waals surface area contributed by atoms with Gasteiger partial charge in [-0.3, -0.25) is 14.7 Å². The molecule has 0 bridgehead atoms. The Morgan fingerprint density at radius 3 is 2.40 bits per heavy atom. The van der Waals surface area contributed by atoms with Crippen LogP contribution in [0.15, 0.2) is 16.9 Å². The molecule has 1 aromatic heterocycles. The molecule has 2 aromatic rings. The van der Waals surface area contributed by atoms with Crippen LogP contribution in [0.25, 0.3) is 0 Å². The highest BCUT2D eigenvalue weighted by molar-refractivity contribution is 7.71. The average molecular weight is 363 g/mol. The van der Waals surface area contributed by atoms with Gasteiger partial charge in [0.2, 0.25) is 0 Å². The van der Waals surface area contributed by atoms with Crippen LogP contribution in [0.2, 0.25) is 0 Å². The molecule has 0 aliphatic carbocycles. The number of nitrogens with one attached hydrogen (secondary N) is 2. The third-order valence-electron chi connectivity index (χ3n) is 4.39. The molecular formula is C17H21N3O4S. The van der Waals surface area contributed by atoms with Gasteiger partial charge >= 0.3 is 0 Å². The molecule has 1 aliphatic rings. The summed E-state index contributed by atoms with van der Waals surface area (Å²) in [6, 6.07) is 3.68. The van der Waals surface area contributed by atoms with Crippen LogP contribution < -0.4 is 19.8 Å². The molecule has 2 N–H and O–H groups in total. The highest BCUT2D eigenvalue weighted by Gasteiger charge is 2.22. The summed E-state index contributed by atoms with van der Waals surface area (Å²) in [5.41, 5.74) is 2.49. The smallest absolute Gasteiger partial charge is 0.255 e. The van der Waals surface area contributed by atoms with Gasteiger partial charge in [-0.1, -0.05) is 0 Å². The van der Waals surface area contributed by atoms with Crippen LogP contribution in [0, 0.1) is 4.77 Å². The summed E-state index contributed by atoms with van der Waals surface area (Å²) in [5.74, 6) is 2.10. The lowest BCUT2D eigenvalue weighted by Gasteiger charge is -2.29. The Labute approximate surface area is 150 Å². The molecule has 0 fully saturated rings.